The Hall–Kier alpha value is -2.08. The number of anilines is 1. The first kappa shape index (κ1) is 17.3. The number of halogens is 3. The van der Waals surface area contributed by atoms with Gasteiger partial charge in [0.15, 0.2) is 0 Å². The predicted octanol–water partition coefficient (Wildman–Crippen LogP) is 3.74. The van der Waals surface area contributed by atoms with E-state index in [0.29, 0.717) is 10.6 Å². The molecule has 23 heavy (non-hydrogen) atoms. The maximum absolute atomic E-state index is 11.8. The summed E-state index contributed by atoms with van der Waals surface area (Å²) in [6.45, 7) is 0. The Morgan fingerprint density at radius 2 is 1.74 bits per heavy atom. The van der Waals surface area contributed by atoms with E-state index < -0.39 is 11.8 Å². The molecule has 8 heteroatoms. The summed E-state index contributed by atoms with van der Waals surface area (Å²) in [7, 11) is 0. The van der Waals surface area contributed by atoms with Gasteiger partial charge in [-0.15, -0.1) is 0 Å². The van der Waals surface area contributed by atoms with Crippen LogP contribution in [-0.4, -0.2) is 18.0 Å². The number of carbonyl (C=O) groups is 2. The number of amides is 2. The Labute approximate surface area is 147 Å². The van der Waals surface area contributed by atoms with Crippen molar-refractivity contribution in [1.82, 2.24) is 5.43 Å². The van der Waals surface area contributed by atoms with Gasteiger partial charge < -0.3 is 5.32 Å². The first-order valence-corrected chi connectivity index (χ1v) is 7.44. The molecule has 0 atom stereocenters. The SMILES string of the molecule is O=C(N/N=C\c1cccc(Cl)c1)C(=O)Nc1cccc(Cl)c1Cl. The molecule has 0 radical (unpaired) electrons. The van der Waals surface area contributed by atoms with E-state index in [-0.39, 0.29) is 15.7 Å². The van der Waals surface area contributed by atoms with Gasteiger partial charge in [0.05, 0.1) is 21.9 Å². The molecule has 0 saturated carbocycles. The van der Waals surface area contributed by atoms with Crippen LogP contribution >= 0.6 is 34.8 Å². The zero-order valence-electron chi connectivity index (χ0n) is 11.5. The van der Waals surface area contributed by atoms with Crippen molar-refractivity contribution in [1.29, 1.82) is 0 Å². The van der Waals surface area contributed by atoms with Crippen molar-refractivity contribution < 1.29 is 9.59 Å². The minimum Gasteiger partial charge on any atom is -0.316 e. The van der Waals surface area contributed by atoms with E-state index in [4.69, 9.17) is 34.8 Å². The zero-order valence-corrected chi connectivity index (χ0v) is 13.8. The lowest BCUT2D eigenvalue weighted by molar-refractivity contribution is -0.136. The van der Waals surface area contributed by atoms with Gasteiger partial charge >= 0.3 is 11.8 Å². The molecule has 2 amide bonds. The van der Waals surface area contributed by atoms with E-state index in [1.165, 1.54) is 12.3 Å². The van der Waals surface area contributed by atoms with Crippen molar-refractivity contribution in [2.45, 2.75) is 0 Å². The van der Waals surface area contributed by atoms with E-state index >= 15 is 0 Å². The third kappa shape index (κ3) is 4.96. The van der Waals surface area contributed by atoms with Crippen LogP contribution in [0.4, 0.5) is 5.69 Å². The van der Waals surface area contributed by atoms with Crippen molar-refractivity contribution in [2.75, 3.05) is 5.32 Å². The highest BCUT2D eigenvalue weighted by Gasteiger charge is 2.15. The monoisotopic (exact) mass is 369 g/mol. The molecule has 0 aromatic heterocycles. The minimum atomic E-state index is -0.945. The number of benzene rings is 2. The van der Waals surface area contributed by atoms with Gasteiger partial charge in [-0.2, -0.15) is 5.10 Å². The summed E-state index contributed by atoms with van der Waals surface area (Å²) < 4.78 is 0. The van der Waals surface area contributed by atoms with E-state index in [1.54, 1.807) is 36.4 Å². The number of carbonyl (C=O) groups excluding carboxylic acids is 2. The van der Waals surface area contributed by atoms with Gasteiger partial charge in [0, 0.05) is 5.02 Å². The fourth-order valence-electron chi connectivity index (χ4n) is 1.58. The molecule has 0 heterocycles. The lowest BCUT2D eigenvalue weighted by Crippen LogP contribution is -2.32. The van der Waals surface area contributed by atoms with Crippen LogP contribution < -0.4 is 10.7 Å². The number of rotatable bonds is 3. The number of hydrogen-bond donors (Lipinski definition) is 2. The summed E-state index contributed by atoms with van der Waals surface area (Å²) in [5, 5.41) is 6.98. The smallest absolute Gasteiger partial charge is 0.316 e. The summed E-state index contributed by atoms with van der Waals surface area (Å²) in [6, 6.07) is 11.5. The maximum Gasteiger partial charge on any atom is 0.329 e. The van der Waals surface area contributed by atoms with E-state index in [2.05, 4.69) is 15.8 Å². The second-order valence-electron chi connectivity index (χ2n) is 4.31. The predicted molar refractivity (Wildman–Crippen MR) is 92.3 cm³/mol. The molecule has 0 aliphatic heterocycles. The molecule has 0 bridgehead atoms. The van der Waals surface area contributed by atoms with Crippen LogP contribution in [0.3, 0.4) is 0 Å². The van der Waals surface area contributed by atoms with Crippen LogP contribution in [0.1, 0.15) is 5.56 Å². The average molecular weight is 371 g/mol. The molecule has 2 N–H and O–H groups in total. The van der Waals surface area contributed by atoms with Gasteiger partial charge in [0.2, 0.25) is 0 Å². The van der Waals surface area contributed by atoms with Crippen molar-refractivity contribution in [3.05, 3.63) is 63.1 Å². The number of hydrogen-bond acceptors (Lipinski definition) is 3. The normalized spacial score (nSPS) is 10.6. The Morgan fingerprint density at radius 3 is 2.48 bits per heavy atom. The molecule has 118 valence electrons. The lowest BCUT2D eigenvalue weighted by Gasteiger charge is -2.06. The number of nitrogens with zero attached hydrogens (tertiary/aromatic N) is 1. The third-order valence-electron chi connectivity index (χ3n) is 2.63. The van der Waals surface area contributed by atoms with Crippen LogP contribution in [-0.2, 0) is 9.59 Å². The standard InChI is InChI=1S/C15H10Cl3N3O2/c16-10-4-1-3-9(7-10)8-19-21-15(23)14(22)20-12-6-2-5-11(17)13(12)18/h1-8H,(H,20,22)(H,21,23)/b19-8-. The van der Waals surface area contributed by atoms with Crippen LogP contribution in [0.25, 0.3) is 0 Å². The van der Waals surface area contributed by atoms with Gasteiger partial charge in [0.1, 0.15) is 0 Å². The molecule has 0 aliphatic carbocycles. The van der Waals surface area contributed by atoms with Crippen molar-refractivity contribution in [2.24, 2.45) is 5.10 Å². The van der Waals surface area contributed by atoms with Gasteiger partial charge in [-0.05, 0) is 29.8 Å². The second-order valence-corrected chi connectivity index (χ2v) is 5.53. The minimum absolute atomic E-state index is 0.151. The molecule has 0 aliphatic rings. The first-order valence-electron chi connectivity index (χ1n) is 6.31. The Morgan fingerprint density at radius 1 is 1.00 bits per heavy atom. The van der Waals surface area contributed by atoms with Gasteiger partial charge in [-0.25, -0.2) is 5.43 Å². The van der Waals surface area contributed by atoms with Crippen molar-refractivity contribution in [3.63, 3.8) is 0 Å². The molecule has 2 rings (SSSR count). The van der Waals surface area contributed by atoms with Crippen molar-refractivity contribution in [3.8, 4) is 0 Å². The van der Waals surface area contributed by atoms with E-state index in [9.17, 15) is 9.59 Å². The molecule has 0 saturated heterocycles. The summed E-state index contributed by atoms with van der Waals surface area (Å²) >= 11 is 17.6. The zero-order chi connectivity index (χ0) is 16.8. The second kappa shape index (κ2) is 7.97. The maximum atomic E-state index is 11.8. The molecule has 0 unspecified atom stereocenters. The van der Waals surface area contributed by atoms with Crippen LogP contribution in [0.5, 0.6) is 0 Å². The summed E-state index contributed by atoms with van der Waals surface area (Å²) in [4.78, 5) is 23.4. The quantitative estimate of drug-likeness (QED) is 0.491. The highest BCUT2D eigenvalue weighted by Crippen LogP contribution is 2.29. The molecule has 5 nitrogen and oxygen atoms in total. The van der Waals surface area contributed by atoms with E-state index in [1.807, 2.05) is 0 Å². The summed E-state index contributed by atoms with van der Waals surface area (Å²) in [6.07, 6.45) is 1.36. The van der Waals surface area contributed by atoms with Crippen LogP contribution in [0.15, 0.2) is 47.6 Å². The third-order valence-corrected chi connectivity index (χ3v) is 3.69. The molecule has 0 fully saturated rings. The first-order chi connectivity index (χ1) is 11.0. The molecular weight excluding hydrogens is 361 g/mol. The number of nitrogens with one attached hydrogen (secondary N) is 2. The largest absolute Gasteiger partial charge is 0.329 e. The van der Waals surface area contributed by atoms with Gasteiger partial charge in [0.25, 0.3) is 0 Å². The Kier molecular flexibility index (Phi) is 5.98. The fraction of sp³-hybridized carbons (Fsp3) is 0. The Balaban J connectivity index is 1.95. The van der Waals surface area contributed by atoms with Gasteiger partial charge in [-0.3, -0.25) is 9.59 Å². The van der Waals surface area contributed by atoms with Gasteiger partial charge in [-0.1, -0.05) is 53.0 Å². The number of hydrazone groups is 1. The molecule has 2 aromatic rings. The van der Waals surface area contributed by atoms with Crippen LogP contribution in [0.2, 0.25) is 15.1 Å². The van der Waals surface area contributed by atoms with E-state index in [0.717, 1.165) is 0 Å². The Bertz CT molecular complexity index is 778. The lowest BCUT2D eigenvalue weighted by atomic mass is 10.2. The molecular formula is C15H10Cl3N3O2. The molecule has 2 aromatic carbocycles. The topological polar surface area (TPSA) is 70.6 Å². The van der Waals surface area contributed by atoms with Crippen molar-refractivity contribution >= 4 is 58.5 Å². The average Bonchev–Trinajstić information content (AvgIpc) is 2.51. The molecule has 0 spiro atoms. The highest BCUT2D eigenvalue weighted by molar-refractivity contribution is 6.45. The fourth-order valence-corrected chi connectivity index (χ4v) is 2.13. The highest BCUT2D eigenvalue weighted by atomic mass is 35.5. The summed E-state index contributed by atoms with van der Waals surface area (Å²) in [5.41, 5.74) is 3.02. The van der Waals surface area contributed by atoms with Crippen LogP contribution in [0, 0.1) is 0 Å². The summed E-state index contributed by atoms with van der Waals surface area (Å²) in [5.74, 6) is -1.86.